The molecule has 0 fully saturated rings. The van der Waals surface area contributed by atoms with Gasteiger partial charge in [0.2, 0.25) is 0 Å². The highest BCUT2D eigenvalue weighted by molar-refractivity contribution is 7.22. The van der Waals surface area contributed by atoms with Gasteiger partial charge < -0.3 is 20.5 Å². The van der Waals surface area contributed by atoms with Crippen molar-refractivity contribution < 1.29 is 9.84 Å². The number of ether oxygens (including phenoxy) is 1. The Hall–Kier alpha value is -3.08. The molecule has 130 valence electrons. The van der Waals surface area contributed by atoms with E-state index in [2.05, 4.69) is 15.6 Å². The van der Waals surface area contributed by atoms with Crippen LogP contribution in [0.4, 0.5) is 10.8 Å². The van der Waals surface area contributed by atoms with E-state index in [-0.39, 0.29) is 5.57 Å². The number of hydrogen-bond donors (Lipinski definition) is 3. The third kappa shape index (κ3) is 2.96. The van der Waals surface area contributed by atoms with Gasteiger partial charge in [0, 0.05) is 17.8 Å². The number of thiazole rings is 1. The number of rotatable bonds is 4. The molecule has 6 nitrogen and oxygen atoms in total. The Kier molecular flexibility index (Phi) is 4.21. The second-order valence-electron chi connectivity index (χ2n) is 5.85. The lowest BCUT2D eigenvalue weighted by Crippen LogP contribution is -2.24. The smallest absolute Gasteiger partial charge is 0.184 e. The number of nitrogens with zero attached hydrogens (tertiary/aromatic N) is 2. The summed E-state index contributed by atoms with van der Waals surface area (Å²) in [6.45, 7) is 0.655. The minimum atomic E-state index is -0.976. The van der Waals surface area contributed by atoms with Crippen LogP contribution in [0, 0.1) is 11.3 Å². The average molecular weight is 364 g/mol. The molecule has 1 unspecified atom stereocenters. The highest BCUT2D eigenvalue weighted by Crippen LogP contribution is 2.36. The summed E-state index contributed by atoms with van der Waals surface area (Å²) in [6.07, 6.45) is 0.725. The summed E-state index contributed by atoms with van der Waals surface area (Å²) in [5.74, 6) is 0.829. The van der Waals surface area contributed by atoms with Gasteiger partial charge in [-0.3, -0.25) is 0 Å². The first-order valence-corrected chi connectivity index (χ1v) is 8.86. The highest BCUT2D eigenvalue weighted by atomic mass is 32.1. The van der Waals surface area contributed by atoms with Crippen LogP contribution >= 0.6 is 11.3 Å². The molecule has 0 bridgehead atoms. The van der Waals surface area contributed by atoms with Gasteiger partial charge in [0.05, 0.1) is 29.0 Å². The molecule has 0 aliphatic carbocycles. The van der Waals surface area contributed by atoms with Crippen molar-refractivity contribution >= 4 is 38.4 Å². The molecular formula is C19H16N4O2S. The van der Waals surface area contributed by atoms with Crippen LogP contribution in [0.2, 0.25) is 0 Å². The molecule has 1 atom stereocenters. The van der Waals surface area contributed by atoms with E-state index >= 15 is 0 Å². The molecular weight excluding hydrogens is 348 g/mol. The summed E-state index contributed by atoms with van der Waals surface area (Å²) < 4.78 is 6.19. The Morgan fingerprint density at radius 1 is 1.31 bits per heavy atom. The molecule has 0 amide bonds. The molecule has 0 radical (unpaired) electrons. The quantitative estimate of drug-likeness (QED) is 0.656. The number of hydrogen-bond acceptors (Lipinski definition) is 7. The van der Waals surface area contributed by atoms with E-state index in [1.54, 1.807) is 24.5 Å². The third-order valence-corrected chi connectivity index (χ3v) is 5.20. The summed E-state index contributed by atoms with van der Waals surface area (Å²) in [5, 5.41) is 26.1. The van der Waals surface area contributed by atoms with Gasteiger partial charge in [-0.2, -0.15) is 5.26 Å². The van der Waals surface area contributed by atoms with Crippen LogP contribution in [0.5, 0.6) is 5.75 Å². The number of fused-ring (bicyclic) bond motifs is 3. The van der Waals surface area contributed by atoms with Gasteiger partial charge in [0.25, 0.3) is 0 Å². The van der Waals surface area contributed by atoms with Crippen LogP contribution in [0.1, 0.15) is 11.1 Å². The number of aliphatic hydroxyl groups excluding tert-OH is 1. The Balaban J connectivity index is 1.61. The van der Waals surface area contributed by atoms with E-state index < -0.39 is 6.23 Å². The zero-order chi connectivity index (χ0) is 18.1. The largest absolute Gasteiger partial charge is 0.497 e. The SMILES string of the molecule is COc1ccc(CNc2nc3c4c(ccc3s2)NC(O)C(C#N)=C4)cc1. The molecule has 0 saturated heterocycles. The number of benzene rings is 2. The maximum absolute atomic E-state index is 9.90. The second-order valence-corrected chi connectivity index (χ2v) is 6.88. The highest BCUT2D eigenvalue weighted by Gasteiger charge is 2.21. The minimum Gasteiger partial charge on any atom is -0.497 e. The van der Waals surface area contributed by atoms with E-state index in [9.17, 15) is 5.11 Å². The lowest BCUT2D eigenvalue weighted by atomic mass is 10.0. The normalized spacial score (nSPS) is 15.6. The first-order valence-electron chi connectivity index (χ1n) is 8.04. The molecule has 0 spiro atoms. The van der Waals surface area contributed by atoms with E-state index in [4.69, 9.17) is 10.00 Å². The summed E-state index contributed by atoms with van der Waals surface area (Å²) >= 11 is 1.56. The van der Waals surface area contributed by atoms with Crippen molar-refractivity contribution in [2.75, 3.05) is 17.7 Å². The van der Waals surface area contributed by atoms with Gasteiger partial charge >= 0.3 is 0 Å². The maximum atomic E-state index is 9.90. The van der Waals surface area contributed by atoms with Crippen molar-refractivity contribution in [1.29, 1.82) is 5.26 Å². The van der Waals surface area contributed by atoms with Crippen LogP contribution in [0.25, 0.3) is 16.3 Å². The molecule has 1 aromatic heterocycles. The lowest BCUT2D eigenvalue weighted by Gasteiger charge is -2.20. The number of nitriles is 1. The summed E-state index contributed by atoms with van der Waals surface area (Å²) in [4.78, 5) is 4.68. The predicted molar refractivity (Wildman–Crippen MR) is 103 cm³/mol. The van der Waals surface area contributed by atoms with Crippen molar-refractivity contribution in [3.05, 3.63) is 53.1 Å². The van der Waals surface area contributed by atoms with Crippen LogP contribution in [0.3, 0.4) is 0 Å². The molecule has 2 heterocycles. The Morgan fingerprint density at radius 2 is 2.12 bits per heavy atom. The van der Waals surface area contributed by atoms with Crippen molar-refractivity contribution in [1.82, 2.24) is 4.98 Å². The van der Waals surface area contributed by atoms with E-state index in [0.717, 1.165) is 37.9 Å². The fraction of sp³-hybridized carbons (Fsp3) is 0.158. The zero-order valence-electron chi connectivity index (χ0n) is 14.0. The van der Waals surface area contributed by atoms with Crippen LogP contribution in [-0.2, 0) is 6.54 Å². The molecule has 1 aliphatic rings. The summed E-state index contributed by atoms with van der Waals surface area (Å²) in [7, 11) is 1.65. The number of methoxy groups -OCH3 is 1. The van der Waals surface area contributed by atoms with Gasteiger partial charge in [-0.05, 0) is 35.9 Å². The first kappa shape index (κ1) is 16.4. The van der Waals surface area contributed by atoms with E-state index in [0.29, 0.717) is 6.54 Å². The molecule has 4 rings (SSSR count). The first-order chi connectivity index (χ1) is 12.7. The average Bonchev–Trinajstić information content (AvgIpc) is 3.09. The topological polar surface area (TPSA) is 90.2 Å². The Labute approximate surface area is 154 Å². The number of aromatic nitrogens is 1. The Bertz CT molecular complexity index is 1030. The lowest BCUT2D eigenvalue weighted by molar-refractivity contribution is 0.244. The summed E-state index contributed by atoms with van der Waals surface area (Å²) in [6, 6.07) is 13.8. The van der Waals surface area contributed by atoms with Gasteiger partial charge in [-0.25, -0.2) is 4.98 Å². The van der Waals surface area contributed by atoms with Crippen molar-refractivity contribution in [3.8, 4) is 11.8 Å². The van der Waals surface area contributed by atoms with Gasteiger partial charge in [0.1, 0.15) is 5.75 Å². The fourth-order valence-electron chi connectivity index (χ4n) is 2.84. The van der Waals surface area contributed by atoms with Gasteiger partial charge in [-0.15, -0.1) is 0 Å². The molecule has 1 aliphatic heterocycles. The van der Waals surface area contributed by atoms with Crippen LogP contribution in [-0.4, -0.2) is 23.4 Å². The van der Waals surface area contributed by atoms with Crippen LogP contribution in [0.15, 0.2) is 42.0 Å². The molecule has 3 aromatic rings. The third-order valence-electron chi connectivity index (χ3n) is 4.22. The molecule has 26 heavy (non-hydrogen) atoms. The van der Waals surface area contributed by atoms with Crippen molar-refractivity contribution in [2.45, 2.75) is 12.8 Å². The van der Waals surface area contributed by atoms with Gasteiger partial charge in [-0.1, -0.05) is 23.5 Å². The standard InChI is InChI=1S/C19H16N4O2S/c1-25-13-4-2-11(3-5-13)10-21-19-23-17-14-8-12(9-20)18(24)22-15(14)6-7-16(17)26-19/h2-8,18,22,24H,10H2,1H3,(H,21,23). The second kappa shape index (κ2) is 6.67. The molecule has 3 N–H and O–H groups in total. The van der Waals surface area contributed by atoms with E-state index in [1.165, 1.54) is 0 Å². The number of anilines is 2. The van der Waals surface area contributed by atoms with Crippen LogP contribution < -0.4 is 15.4 Å². The van der Waals surface area contributed by atoms with Crippen molar-refractivity contribution in [3.63, 3.8) is 0 Å². The maximum Gasteiger partial charge on any atom is 0.184 e. The summed E-state index contributed by atoms with van der Waals surface area (Å²) in [5.41, 5.74) is 3.83. The minimum absolute atomic E-state index is 0.283. The molecule has 0 saturated carbocycles. The molecule has 7 heteroatoms. The number of aliphatic hydroxyl groups is 1. The fourth-order valence-corrected chi connectivity index (χ4v) is 3.71. The predicted octanol–water partition coefficient (Wildman–Crippen LogP) is 3.57. The monoisotopic (exact) mass is 364 g/mol. The van der Waals surface area contributed by atoms with Crippen molar-refractivity contribution in [2.24, 2.45) is 0 Å². The van der Waals surface area contributed by atoms with Gasteiger partial charge in [0.15, 0.2) is 11.4 Å². The molecule has 2 aromatic carbocycles. The number of nitrogens with one attached hydrogen (secondary N) is 2. The zero-order valence-corrected chi connectivity index (χ0v) is 14.8. The van der Waals surface area contributed by atoms with E-state index in [1.807, 2.05) is 42.5 Å². The Morgan fingerprint density at radius 3 is 2.85 bits per heavy atom.